The lowest BCUT2D eigenvalue weighted by atomic mass is 9.68. The van der Waals surface area contributed by atoms with Gasteiger partial charge in [0.15, 0.2) is 0 Å². The molecule has 0 heterocycles. The molecule has 2 aliphatic rings. The molecule has 0 aliphatic heterocycles. The Morgan fingerprint density at radius 3 is 1.58 bits per heavy atom. The van der Waals surface area contributed by atoms with Crippen molar-refractivity contribution >= 4 is 38.6 Å². The number of hydrogen-bond donors (Lipinski definition) is 0. The molecule has 0 radical (unpaired) electrons. The molecule has 2 aliphatic carbocycles. The van der Waals surface area contributed by atoms with Crippen LogP contribution in [0, 0.1) is 0 Å². The molecule has 0 saturated heterocycles. The summed E-state index contributed by atoms with van der Waals surface area (Å²) in [5.41, 5.74) is 20.6. The molecule has 0 saturated carbocycles. The summed E-state index contributed by atoms with van der Waals surface area (Å²) in [6, 6.07) is 92.6. The van der Waals surface area contributed by atoms with Crippen LogP contribution < -0.4 is 4.90 Å². The fraction of sp³-hybridized carbons (Fsp3) is 0.0606. The maximum Gasteiger partial charge on any atom is 0.0714 e. The molecule has 67 heavy (non-hydrogen) atoms. The van der Waals surface area contributed by atoms with E-state index in [9.17, 15) is 0 Å². The SMILES string of the molecule is CC1(C)c2ccc(N(c3ccc(-c4cccc5cccc(-c6ccccc6)c45)cc3)c3cccc4c3-c3ccccc3C4(c3ccccc3)c3ccccc3)cc2-c2c1ccc1ccccc21. The Hall–Kier alpha value is -8.26. The topological polar surface area (TPSA) is 3.24 Å². The molecule has 0 amide bonds. The fourth-order valence-electron chi connectivity index (χ4n) is 12.0. The van der Waals surface area contributed by atoms with E-state index in [4.69, 9.17) is 0 Å². The van der Waals surface area contributed by atoms with Gasteiger partial charge < -0.3 is 4.90 Å². The third-order valence-corrected chi connectivity index (χ3v) is 14.9. The van der Waals surface area contributed by atoms with Gasteiger partial charge in [0.25, 0.3) is 0 Å². The van der Waals surface area contributed by atoms with E-state index in [-0.39, 0.29) is 5.41 Å². The zero-order valence-electron chi connectivity index (χ0n) is 37.6. The largest absolute Gasteiger partial charge is 0.310 e. The van der Waals surface area contributed by atoms with Gasteiger partial charge in [0.2, 0.25) is 0 Å². The predicted molar refractivity (Wildman–Crippen MR) is 282 cm³/mol. The second-order valence-electron chi connectivity index (χ2n) is 18.7. The summed E-state index contributed by atoms with van der Waals surface area (Å²) in [6.07, 6.45) is 0. The average Bonchev–Trinajstić information content (AvgIpc) is 3.83. The van der Waals surface area contributed by atoms with E-state index < -0.39 is 5.41 Å². The van der Waals surface area contributed by atoms with Crippen LogP contribution in [0.4, 0.5) is 17.1 Å². The van der Waals surface area contributed by atoms with Crippen LogP contribution in [-0.4, -0.2) is 0 Å². The first-order valence-electron chi connectivity index (χ1n) is 23.5. The molecule has 13 rings (SSSR count). The Morgan fingerprint density at radius 2 is 0.866 bits per heavy atom. The average molecular weight is 854 g/mol. The first-order chi connectivity index (χ1) is 33.0. The highest BCUT2D eigenvalue weighted by Gasteiger charge is 2.47. The molecular formula is C66H47N. The Morgan fingerprint density at radius 1 is 0.328 bits per heavy atom. The van der Waals surface area contributed by atoms with Crippen LogP contribution in [0.1, 0.15) is 47.2 Å². The molecule has 0 fully saturated rings. The second kappa shape index (κ2) is 15.2. The van der Waals surface area contributed by atoms with Crippen molar-refractivity contribution < 1.29 is 0 Å². The minimum atomic E-state index is -0.523. The number of benzene rings is 11. The maximum absolute atomic E-state index is 2.53. The Balaban J connectivity index is 1.07. The molecule has 0 N–H and O–H groups in total. The van der Waals surface area contributed by atoms with Crippen molar-refractivity contribution in [2.45, 2.75) is 24.7 Å². The van der Waals surface area contributed by atoms with Crippen LogP contribution in [0.3, 0.4) is 0 Å². The first kappa shape index (κ1) is 39.1. The molecule has 1 nitrogen and oxygen atoms in total. The zero-order chi connectivity index (χ0) is 44.7. The first-order valence-corrected chi connectivity index (χ1v) is 23.5. The van der Waals surface area contributed by atoms with Gasteiger partial charge in [0.1, 0.15) is 0 Å². The van der Waals surface area contributed by atoms with Crippen LogP contribution in [-0.2, 0) is 10.8 Å². The van der Waals surface area contributed by atoms with Crippen LogP contribution in [0.5, 0.6) is 0 Å². The van der Waals surface area contributed by atoms with E-state index in [1.54, 1.807) is 0 Å². The Labute approximate surface area is 392 Å². The normalized spacial score (nSPS) is 13.8. The van der Waals surface area contributed by atoms with Crippen molar-refractivity contribution in [3.63, 3.8) is 0 Å². The van der Waals surface area contributed by atoms with Crippen molar-refractivity contribution in [3.05, 3.63) is 282 Å². The molecule has 1 heteroatoms. The van der Waals surface area contributed by atoms with Gasteiger partial charge in [-0.15, -0.1) is 0 Å². The summed E-state index contributed by atoms with van der Waals surface area (Å²) in [4.78, 5) is 2.53. The van der Waals surface area contributed by atoms with Crippen molar-refractivity contribution in [1.82, 2.24) is 0 Å². The van der Waals surface area contributed by atoms with Gasteiger partial charge in [-0.2, -0.15) is 0 Å². The van der Waals surface area contributed by atoms with Crippen molar-refractivity contribution in [2.75, 3.05) is 4.90 Å². The Kier molecular flexibility index (Phi) is 8.85. The van der Waals surface area contributed by atoms with E-state index >= 15 is 0 Å². The van der Waals surface area contributed by atoms with Crippen LogP contribution in [0.2, 0.25) is 0 Å². The highest BCUT2D eigenvalue weighted by Crippen LogP contribution is 2.60. The minimum absolute atomic E-state index is 0.144. The van der Waals surface area contributed by atoms with Crippen LogP contribution in [0.15, 0.2) is 249 Å². The standard InChI is InChI=1S/C66H47N/c1-65(2)57-42-40-51(43-56(57)63-54-28-13-12-21-45(54)37-41-59(63)65)67(50-38-35-46(36-39-50)53-31-17-23-47-22-16-30-52(62(47)53)44-19-6-3-7-20-44)61-34-18-33-60-64(61)55-29-14-15-32-58(55)66(60,48-24-8-4-9-25-48)49-26-10-5-11-27-49/h3-43H,1-2H3. The van der Waals surface area contributed by atoms with Crippen molar-refractivity contribution in [2.24, 2.45) is 0 Å². The third kappa shape index (κ3) is 5.81. The smallest absolute Gasteiger partial charge is 0.0714 e. The van der Waals surface area contributed by atoms with E-state index in [1.807, 2.05) is 0 Å². The summed E-state index contributed by atoms with van der Waals surface area (Å²) in [6.45, 7) is 4.76. The number of hydrogen-bond acceptors (Lipinski definition) is 1. The predicted octanol–water partition coefficient (Wildman–Crippen LogP) is 17.5. The summed E-state index contributed by atoms with van der Waals surface area (Å²) < 4.78 is 0. The molecule has 0 bridgehead atoms. The molecule has 0 aromatic heterocycles. The van der Waals surface area contributed by atoms with Crippen LogP contribution in [0.25, 0.3) is 66.1 Å². The van der Waals surface area contributed by atoms with Crippen molar-refractivity contribution in [1.29, 1.82) is 0 Å². The van der Waals surface area contributed by atoms with Gasteiger partial charge >= 0.3 is 0 Å². The second-order valence-corrected chi connectivity index (χ2v) is 18.7. The lowest BCUT2D eigenvalue weighted by Crippen LogP contribution is -2.28. The van der Waals surface area contributed by atoms with Gasteiger partial charge in [-0.3, -0.25) is 0 Å². The van der Waals surface area contributed by atoms with E-state index in [2.05, 4.69) is 267 Å². The molecule has 11 aromatic rings. The molecule has 11 aromatic carbocycles. The maximum atomic E-state index is 2.53. The molecule has 0 atom stereocenters. The lowest BCUT2D eigenvalue weighted by molar-refractivity contribution is 0.661. The van der Waals surface area contributed by atoms with Gasteiger partial charge in [-0.05, 0) is 124 Å². The zero-order valence-corrected chi connectivity index (χ0v) is 37.6. The van der Waals surface area contributed by atoms with Gasteiger partial charge in [-0.1, -0.05) is 232 Å². The summed E-state index contributed by atoms with van der Waals surface area (Å²) in [5, 5.41) is 5.07. The quantitative estimate of drug-likeness (QED) is 0.154. The minimum Gasteiger partial charge on any atom is -0.310 e. The fourth-order valence-corrected chi connectivity index (χ4v) is 12.0. The monoisotopic (exact) mass is 853 g/mol. The molecule has 0 spiro atoms. The Bertz CT molecular complexity index is 3650. The molecule has 0 unspecified atom stereocenters. The number of anilines is 3. The van der Waals surface area contributed by atoms with Gasteiger partial charge in [-0.25, -0.2) is 0 Å². The summed E-state index contributed by atoms with van der Waals surface area (Å²) >= 11 is 0. The number of nitrogens with zero attached hydrogens (tertiary/aromatic N) is 1. The highest BCUT2D eigenvalue weighted by atomic mass is 15.1. The summed E-state index contributed by atoms with van der Waals surface area (Å²) in [7, 11) is 0. The van der Waals surface area contributed by atoms with Crippen LogP contribution >= 0.6 is 0 Å². The summed E-state index contributed by atoms with van der Waals surface area (Å²) in [5.74, 6) is 0. The van der Waals surface area contributed by atoms with E-state index in [1.165, 1.54) is 99.4 Å². The third-order valence-electron chi connectivity index (χ3n) is 14.9. The molecular weight excluding hydrogens is 807 g/mol. The van der Waals surface area contributed by atoms with Gasteiger partial charge in [0, 0.05) is 22.4 Å². The lowest BCUT2D eigenvalue weighted by Gasteiger charge is -2.34. The number of fused-ring (bicyclic) bond motifs is 9. The number of rotatable bonds is 7. The van der Waals surface area contributed by atoms with Crippen molar-refractivity contribution in [3.8, 4) is 44.5 Å². The van der Waals surface area contributed by atoms with Gasteiger partial charge in [0.05, 0.1) is 11.1 Å². The highest BCUT2D eigenvalue weighted by molar-refractivity contribution is 6.07. The van der Waals surface area contributed by atoms with E-state index in [0.717, 1.165) is 17.1 Å². The van der Waals surface area contributed by atoms with E-state index in [0.29, 0.717) is 0 Å². The molecule has 316 valence electrons.